The minimum atomic E-state index is 0.876. The molecule has 0 unspecified atom stereocenters. The van der Waals surface area contributed by atoms with Crippen LogP contribution in [0.5, 0.6) is 0 Å². The van der Waals surface area contributed by atoms with Gasteiger partial charge in [-0.25, -0.2) is 4.98 Å². The van der Waals surface area contributed by atoms with Crippen molar-refractivity contribution in [1.29, 1.82) is 0 Å². The third-order valence-electron chi connectivity index (χ3n) is 9.31. The van der Waals surface area contributed by atoms with E-state index in [1.54, 1.807) is 0 Å². The second kappa shape index (κ2) is 10.2. The van der Waals surface area contributed by atoms with E-state index >= 15 is 0 Å². The van der Waals surface area contributed by atoms with Gasteiger partial charge in [0.05, 0.1) is 11.0 Å². The fourth-order valence-electron chi connectivity index (χ4n) is 7.30. The van der Waals surface area contributed by atoms with Gasteiger partial charge in [0.2, 0.25) is 0 Å². The highest BCUT2D eigenvalue weighted by atomic mass is 15.1. The van der Waals surface area contributed by atoms with Crippen molar-refractivity contribution in [3.05, 3.63) is 157 Å². The van der Waals surface area contributed by atoms with Gasteiger partial charge in [-0.05, 0) is 95.7 Å². The Morgan fingerprint density at radius 3 is 1.84 bits per heavy atom. The number of aryl methyl sites for hydroxylation is 1. The predicted octanol–water partition coefficient (Wildman–Crippen LogP) is 11.5. The van der Waals surface area contributed by atoms with Crippen LogP contribution >= 0.6 is 0 Å². The molecule has 2 heteroatoms. The Morgan fingerprint density at radius 1 is 0.489 bits per heavy atom. The van der Waals surface area contributed by atoms with Gasteiger partial charge in [0, 0.05) is 12.1 Å². The van der Waals surface area contributed by atoms with Gasteiger partial charge in [-0.2, -0.15) is 0 Å². The quantitative estimate of drug-likeness (QED) is 0.191. The van der Waals surface area contributed by atoms with Crippen LogP contribution in [0.1, 0.15) is 12.7 Å². The molecule has 2 nitrogen and oxygen atoms in total. The van der Waals surface area contributed by atoms with E-state index in [-0.39, 0.29) is 0 Å². The average Bonchev–Trinajstić information content (AvgIpc) is 3.49. The molecule has 45 heavy (non-hydrogen) atoms. The van der Waals surface area contributed by atoms with E-state index in [0.717, 1.165) is 29.0 Å². The Morgan fingerprint density at radius 2 is 1.09 bits per heavy atom. The Hall–Kier alpha value is -5.73. The zero-order valence-electron chi connectivity index (χ0n) is 25.0. The Bertz CT molecular complexity index is 2530. The van der Waals surface area contributed by atoms with Gasteiger partial charge < -0.3 is 0 Å². The van der Waals surface area contributed by atoms with Gasteiger partial charge in [0.15, 0.2) is 0 Å². The molecule has 0 radical (unpaired) electrons. The molecule has 212 valence electrons. The molecule has 0 bridgehead atoms. The third-order valence-corrected chi connectivity index (χ3v) is 9.31. The molecule has 0 spiro atoms. The number of aromatic nitrogens is 2. The van der Waals surface area contributed by atoms with E-state index in [1.807, 2.05) is 0 Å². The lowest BCUT2D eigenvalue weighted by molar-refractivity contribution is 0.909. The van der Waals surface area contributed by atoms with Crippen LogP contribution in [0.3, 0.4) is 0 Å². The summed E-state index contributed by atoms with van der Waals surface area (Å²) in [5.74, 6) is 1.08. The van der Waals surface area contributed by atoms with Crippen molar-refractivity contribution >= 4 is 54.1 Å². The van der Waals surface area contributed by atoms with Crippen LogP contribution in [-0.4, -0.2) is 9.55 Å². The Balaban J connectivity index is 1.27. The van der Waals surface area contributed by atoms with Gasteiger partial charge in [0.25, 0.3) is 0 Å². The molecule has 0 aliphatic heterocycles. The number of nitrogens with zero attached hydrogens (tertiary/aromatic N) is 2. The lowest BCUT2D eigenvalue weighted by Crippen LogP contribution is -2.00. The standard InChI is InChI=1S/C43H30N2/c1-2-41-44-39-20-9-10-21-40(39)45(41)32-25-24-29-26-31(23-22-30(29)27-32)42-35-15-5-7-17-37(35)43(38-18-8-6-16-36(38)42)34-19-11-13-28-12-3-4-14-33(28)34/h3-27H,2H2,1H3. The van der Waals surface area contributed by atoms with E-state index in [9.17, 15) is 0 Å². The molecule has 0 fully saturated rings. The molecule has 1 heterocycles. The van der Waals surface area contributed by atoms with Crippen molar-refractivity contribution < 1.29 is 0 Å². The maximum Gasteiger partial charge on any atom is 0.114 e. The molecule has 8 aromatic carbocycles. The summed E-state index contributed by atoms with van der Waals surface area (Å²) in [7, 11) is 0. The van der Waals surface area contributed by atoms with E-state index in [0.29, 0.717) is 0 Å². The molecular weight excluding hydrogens is 544 g/mol. The van der Waals surface area contributed by atoms with Crippen molar-refractivity contribution in [3.63, 3.8) is 0 Å². The van der Waals surface area contributed by atoms with Gasteiger partial charge in [-0.3, -0.25) is 4.57 Å². The third kappa shape index (κ3) is 3.99. The number of para-hydroxylation sites is 2. The first kappa shape index (κ1) is 25.7. The maximum absolute atomic E-state index is 4.91. The number of fused-ring (bicyclic) bond motifs is 5. The molecule has 0 N–H and O–H groups in total. The van der Waals surface area contributed by atoms with Crippen molar-refractivity contribution in [1.82, 2.24) is 9.55 Å². The highest BCUT2D eigenvalue weighted by Gasteiger charge is 2.18. The van der Waals surface area contributed by atoms with E-state index < -0.39 is 0 Å². The van der Waals surface area contributed by atoms with Crippen molar-refractivity contribution in [3.8, 4) is 27.9 Å². The molecular formula is C43H30N2. The average molecular weight is 575 g/mol. The fraction of sp³-hybridized carbons (Fsp3) is 0.0465. The summed E-state index contributed by atoms with van der Waals surface area (Å²) in [5.41, 5.74) is 8.42. The van der Waals surface area contributed by atoms with Crippen LogP contribution in [0.2, 0.25) is 0 Å². The van der Waals surface area contributed by atoms with Crippen molar-refractivity contribution in [2.75, 3.05) is 0 Å². The first-order valence-corrected chi connectivity index (χ1v) is 15.7. The van der Waals surface area contributed by atoms with E-state index in [4.69, 9.17) is 4.98 Å². The van der Waals surface area contributed by atoms with Crippen LogP contribution in [0.4, 0.5) is 0 Å². The zero-order valence-corrected chi connectivity index (χ0v) is 25.0. The Kier molecular flexibility index (Phi) is 5.82. The monoisotopic (exact) mass is 574 g/mol. The lowest BCUT2D eigenvalue weighted by atomic mass is 9.84. The molecule has 0 saturated heterocycles. The molecule has 0 amide bonds. The van der Waals surface area contributed by atoms with Gasteiger partial charge in [0.1, 0.15) is 5.82 Å². The summed E-state index contributed by atoms with van der Waals surface area (Å²) >= 11 is 0. The van der Waals surface area contributed by atoms with Crippen LogP contribution in [-0.2, 0) is 6.42 Å². The largest absolute Gasteiger partial charge is 0.296 e. The molecule has 9 rings (SSSR count). The molecule has 1 aromatic heterocycles. The highest BCUT2D eigenvalue weighted by Crippen LogP contribution is 2.45. The number of rotatable bonds is 4. The maximum atomic E-state index is 4.91. The topological polar surface area (TPSA) is 17.8 Å². The van der Waals surface area contributed by atoms with Gasteiger partial charge in [-0.1, -0.05) is 128 Å². The summed E-state index contributed by atoms with van der Waals surface area (Å²) in [6, 6.07) is 55.3. The number of hydrogen-bond acceptors (Lipinski definition) is 1. The van der Waals surface area contributed by atoms with Crippen molar-refractivity contribution in [2.45, 2.75) is 13.3 Å². The van der Waals surface area contributed by atoms with Crippen molar-refractivity contribution in [2.24, 2.45) is 0 Å². The Labute approximate surface area is 261 Å². The van der Waals surface area contributed by atoms with Crippen LogP contribution < -0.4 is 0 Å². The highest BCUT2D eigenvalue weighted by molar-refractivity contribution is 6.23. The predicted molar refractivity (Wildman–Crippen MR) is 191 cm³/mol. The molecule has 0 aliphatic carbocycles. The van der Waals surface area contributed by atoms with Gasteiger partial charge >= 0.3 is 0 Å². The SMILES string of the molecule is CCc1nc2ccccc2n1-c1ccc2cc(-c3c4ccccc4c(-c4cccc5ccccc45)c4ccccc34)ccc2c1. The normalized spacial score (nSPS) is 11.8. The summed E-state index contributed by atoms with van der Waals surface area (Å²) < 4.78 is 2.30. The summed E-state index contributed by atoms with van der Waals surface area (Å²) in [6.45, 7) is 2.17. The van der Waals surface area contributed by atoms with Crippen LogP contribution in [0.25, 0.3) is 82.1 Å². The van der Waals surface area contributed by atoms with E-state index in [2.05, 4.69) is 163 Å². The number of benzene rings is 8. The van der Waals surface area contributed by atoms with E-state index in [1.165, 1.54) is 65.3 Å². The fourth-order valence-corrected chi connectivity index (χ4v) is 7.30. The van der Waals surface area contributed by atoms with Crippen LogP contribution in [0.15, 0.2) is 152 Å². The molecule has 0 aliphatic rings. The minimum Gasteiger partial charge on any atom is -0.296 e. The summed E-state index contributed by atoms with van der Waals surface area (Å²) in [5, 5.41) is 10.1. The molecule has 0 saturated carbocycles. The molecule has 0 atom stereocenters. The van der Waals surface area contributed by atoms with Crippen LogP contribution in [0, 0.1) is 0 Å². The number of hydrogen-bond donors (Lipinski definition) is 0. The van der Waals surface area contributed by atoms with Gasteiger partial charge in [-0.15, -0.1) is 0 Å². The second-order valence-corrected chi connectivity index (χ2v) is 11.8. The summed E-state index contributed by atoms with van der Waals surface area (Å²) in [6.07, 6.45) is 0.876. The first-order chi connectivity index (χ1) is 22.3. The zero-order chi connectivity index (χ0) is 29.9. The first-order valence-electron chi connectivity index (χ1n) is 15.7. The lowest BCUT2D eigenvalue weighted by Gasteiger charge is -2.19. The summed E-state index contributed by atoms with van der Waals surface area (Å²) in [4.78, 5) is 4.91. The smallest absolute Gasteiger partial charge is 0.114 e. The molecule has 9 aromatic rings. The number of imidazole rings is 1. The second-order valence-electron chi connectivity index (χ2n) is 11.8. The minimum absolute atomic E-state index is 0.876.